The average molecular weight is 427 g/mol. The summed E-state index contributed by atoms with van der Waals surface area (Å²) in [6.07, 6.45) is 0.358. The van der Waals surface area contributed by atoms with Gasteiger partial charge >= 0.3 is 0 Å². The summed E-state index contributed by atoms with van der Waals surface area (Å²) >= 11 is 5.19. The molecule has 0 spiro atoms. The fraction of sp³-hybridized carbons (Fsp3) is 0.150. The lowest BCUT2D eigenvalue weighted by atomic mass is 9.97. The first kappa shape index (κ1) is 15.9. The van der Waals surface area contributed by atoms with Crippen LogP contribution in [0.1, 0.15) is 34.7 Å². The molecule has 0 radical (unpaired) electrons. The van der Waals surface area contributed by atoms with Crippen LogP contribution in [0.3, 0.4) is 0 Å². The summed E-state index contributed by atoms with van der Waals surface area (Å²) in [6.45, 7) is 0. The van der Waals surface area contributed by atoms with Crippen molar-refractivity contribution in [1.82, 2.24) is 5.01 Å². The number of aromatic hydroxyl groups is 1. The number of hydrazone groups is 1. The van der Waals surface area contributed by atoms with Gasteiger partial charge in [0.2, 0.25) is 6.23 Å². The second-order valence-electron chi connectivity index (χ2n) is 6.34. The standard InChI is InChI=1S/C20H15BrN2O2S/c21-12-7-8-17(24)14(10-12)20-23-16(13-4-1-2-5-18(13)25-20)11-15(22-23)19-6-3-9-26-19/h1-10,16,20,24H,11H2/t16-,20-/m1/s1. The zero-order chi connectivity index (χ0) is 17.7. The van der Waals surface area contributed by atoms with Gasteiger partial charge in [0.1, 0.15) is 11.5 Å². The second kappa shape index (κ2) is 6.14. The molecule has 1 N–H and O–H groups in total. The molecule has 5 rings (SSSR count). The van der Waals surface area contributed by atoms with Gasteiger partial charge in [-0.1, -0.05) is 40.2 Å². The van der Waals surface area contributed by atoms with Gasteiger partial charge in [-0.3, -0.25) is 0 Å². The van der Waals surface area contributed by atoms with Crippen LogP contribution >= 0.6 is 27.3 Å². The Morgan fingerprint density at radius 2 is 2.00 bits per heavy atom. The van der Waals surface area contributed by atoms with Crippen molar-refractivity contribution in [1.29, 1.82) is 0 Å². The van der Waals surface area contributed by atoms with Crippen LogP contribution in [0.2, 0.25) is 0 Å². The minimum Gasteiger partial charge on any atom is -0.507 e. The Bertz CT molecular complexity index is 1000. The first-order valence-electron chi connectivity index (χ1n) is 8.34. The number of rotatable bonds is 2. The molecule has 26 heavy (non-hydrogen) atoms. The summed E-state index contributed by atoms with van der Waals surface area (Å²) in [5, 5.41) is 19.4. The van der Waals surface area contributed by atoms with Crippen LogP contribution in [0.4, 0.5) is 0 Å². The van der Waals surface area contributed by atoms with Gasteiger partial charge in [-0.2, -0.15) is 5.10 Å². The fourth-order valence-electron chi connectivity index (χ4n) is 3.55. The van der Waals surface area contributed by atoms with Crippen molar-refractivity contribution >= 4 is 33.0 Å². The molecular weight excluding hydrogens is 412 g/mol. The molecule has 1 aromatic heterocycles. The highest BCUT2D eigenvalue weighted by atomic mass is 79.9. The van der Waals surface area contributed by atoms with Crippen molar-refractivity contribution < 1.29 is 9.84 Å². The Balaban J connectivity index is 1.64. The Labute approximate surface area is 163 Å². The predicted octanol–water partition coefficient (Wildman–Crippen LogP) is 5.46. The topological polar surface area (TPSA) is 45.1 Å². The van der Waals surface area contributed by atoms with E-state index in [2.05, 4.69) is 33.4 Å². The van der Waals surface area contributed by atoms with Crippen LogP contribution in [0.15, 0.2) is 69.6 Å². The van der Waals surface area contributed by atoms with Gasteiger partial charge < -0.3 is 9.84 Å². The summed E-state index contributed by atoms with van der Waals surface area (Å²) in [5.41, 5.74) is 2.90. The number of thiophene rings is 1. The van der Waals surface area contributed by atoms with Crippen molar-refractivity contribution in [2.45, 2.75) is 18.7 Å². The Hall–Kier alpha value is -2.31. The maximum atomic E-state index is 10.4. The minimum absolute atomic E-state index is 0.0976. The average Bonchev–Trinajstić information content (AvgIpc) is 3.32. The van der Waals surface area contributed by atoms with Gasteiger partial charge in [-0.25, -0.2) is 5.01 Å². The summed E-state index contributed by atoms with van der Waals surface area (Å²) in [4.78, 5) is 1.18. The lowest BCUT2D eigenvalue weighted by Crippen LogP contribution is -2.33. The first-order chi connectivity index (χ1) is 12.7. The predicted molar refractivity (Wildman–Crippen MR) is 106 cm³/mol. The number of nitrogens with zero attached hydrogens (tertiary/aromatic N) is 2. The maximum absolute atomic E-state index is 10.4. The Morgan fingerprint density at radius 3 is 2.85 bits per heavy atom. The highest BCUT2D eigenvalue weighted by molar-refractivity contribution is 9.10. The number of hydrogen-bond acceptors (Lipinski definition) is 5. The minimum atomic E-state index is -0.468. The third-order valence-corrected chi connectivity index (χ3v) is 6.17. The van der Waals surface area contributed by atoms with E-state index in [-0.39, 0.29) is 11.8 Å². The molecular formula is C20H15BrN2O2S. The molecule has 0 bridgehead atoms. The molecule has 3 heterocycles. The third kappa shape index (κ3) is 2.52. The van der Waals surface area contributed by atoms with E-state index in [1.165, 1.54) is 4.88 Å². The van der Waals surface area contributed by atoms with Crippen LogP contribution in [-0.4, -0.2) is 15.8 Å². The highest BCUT2D eigenvalue weighted by Gasteiger charge is 2.41. The number of para-hydroxylation sites is 1. The number of phenolic OH excluding ortho intramolecular Hbond substituents is 1. The van der Waals surface area contributed by atoms with Gasteiger partial charge in [0.15, 0.2) is 0 Å². The molecule has 2 aliphatic rings. The number of fused-ring (bicyclic) bond motifs is 3. The fourth-order valence-corrected chi connectivity index (χ4v) is 4.65. The second-order valence-corrected chi connectivity index (χ2v) is 8.20. The van der Waals surface area contributed by atoms with E-state index in [0.29, 0.717) is 5.56 Å². The van der Waals surface area contributed by atoms with Gasteiger partial charge in [-0.05, 0) is 35.7 Å². The summed E-state index contributed by atoms with van der Waals surface area (Å²) in [6, 6.07) is 17.7. The molecule has 0 unspecified atom stereocenters. The lowest BCUT2D eigenvalue weighted by molar-refractivity contribution is -0.0203. The number of hydrogen-bond donors (Lipinski definition) is 1. The van der Waals surface area contributed by atoms with E-state index in [1.807, 2.05) is 41.4 Å². The summed E-state index contributed by atoms with van der Waals surface area (Å²) in [5.74, 6) is 1.05. The van der Waals surface area contributed by atoms with E-state index >= 15 is 0 Å². The van der Waals surface area contributed by atoms with Crippen LogP contribution < -0.4 is 4.74 Å². The van der Waals surface area contributed by atoms with Crippen molar-refractivity contribution in [2.75, 3.05) is 0 Å². The monoisotopic (exact) mass is 426 g/mol. The molecule has 0 amide bonds. The van der Waals surface area contributed by atoms with E-state index in [9.17, 15) is 5.11 Å². The molecule has 3 aromatic rings. The SMILES string of the molecule is Oc1ccc(Br)cc1[C@H]1Oc2ccccc2[C@H]2CC(c3cccs3)=NN21. The highest BCUT2D eigenvalue weighted by Crippen LogP contribution is 2.49. The van der Waals surface area contributed by atoms with Crippen molar-refractivity contribution in [3.8, 4) is 11.5 Å². The van der Waals surface area contributed by atoms with Crippen LogP contribution in [0, 0.1) is 0 Å². The Morgan fingerprint density at radius 1 is 1.12 bits per heavy atom. The zero-order valence-electron chi connectivity index (χ0n) is 13.7. The summed E-state index contributed by atoms with van der Waals surface area (Å²) < 4.78 is 7.17. The smallest absolute Gasteiger partial charge is 0.217 e. The lowest BCUT2D eigenvalue weighted by Gasteiger charge is -2.38. The van der Waals surface area contributed by atoms with Crippen molar-refractivity contribution in [3.63, 3.8) is 0 Å². The molecule has 2 atom stereocenters. The van der Waals surface area contributed by atoms with Crippen LogP contribution in [0.25, 0.3) is 0 Å². The van der Waals surface area contributed by atoms with Gasteiger partial charge in [0.05, 0.1) is 22.2 Å². The third-order valence-electron chi connectivity index (χ3n) is 4.76. The molecule has 0 saturated carbocycles. The molecule has 130 valence electrons. The van der Waals surface area contributed by atoms with Crippen molar-refractivity contribution in [3.05, 3.63) is 80.5 Å². The quantitative estimate of drug-likeness (QED) is 0.591. The van der Waals surface area contributed by atoms with E-state index in [4.69, 9.17) is 9.84 Å². The molecule has 2 aliphatic heterocycles. The zero-order valence-corrected chi connectivity index (χ0v) is 16.1. The number of benzene rings is 2. The molecule has 0 saturated heterocycles. The molecule has 6 heteroatoms. The van der Waals surface area contributed by atoms with Crippen molar-refractivity contribution in [2.24, 2.45) is 5.10 Å². The van der Waals surface area contributed by atoms with Gasteiger partial charge in [0, 0.05) is 16.5 Å². The first-order valence-corrected chi connectivity index (χ1v) is 10.0. The molecule has 2 aromatic carbocycles. The summed E-state index contributed by atoms with van der Waals surface area (Å²) in [7, 11) is 0. The molecule has 4 nitrogen and oxygen atoms in total. The Kier molecular flexibility index (Phi) is 3.76. The number of halogens is 1. The maximum Gasteiger partial charge on any atom is 0.217 e. The largest absolute Gasteiger partial charge is 0.507 e. The van der Waals surface area contributed by atoms with Gasteiger partial charge in [0.25, 0.3) is 0 Å². The molecule has 0 aliphatic carbocycles. The van der Waals surface area contributed by atoms with E-state index in [0.717, 1.165) is 27.9 Å². The van der Waals surface area contributed by atoms with Crippen LogP contribution in [-0.2, 0) is 0 Å². The number of phenols is 1. The molecule has 0 fully saturated rings. The van der Waals surface area contributed by atoms with E-state index < -0.39 is 6.23 Å². The van der Waals surface area contributed by atoms with E-state index in [1.54, 1.807) is 17.4 Å². The normalized spacial score (nSPS) is 21.0. The van der Waals surface area contributed by atoms with Crippen LogP contribution in [0.5, 0.6) is 11.5 Å². The van der Waals surface area contributed by atoms with Gasteiger partial charge in [-0.15, -0.1) is 11.3 Å². The number of ether oxygens (including phenoxy) is 1.